The van der Waals surface area contributed by atoms with Crippen LogP contribution in [0.2, 0.25) is 0 Å². The first-order valence-corrected chi connectivity index (χ1v) is 6.74. The maximum absolute atomic E-state index is 12.1. The number of aliphatic hydroxyl groups excluding tert-OH is 1. The van der Waals surface area contributed by atoms with Gasteiger partial charge in [0.15, 0.2) is 0 Å². The Bertz CT molecular complexity index is 713. The SMILES string of the molecule is Cc1cc(C(=O)NCc2ccccc2CO)ccc1[N+](=O)[O-]. The maximum atomic E-state index is 12.1. The van der Waals surface area contributed by atoms with Crippen molar-refractivity contribution in [3.05, 3.63) is 74.8 Å². The Morgan fingerprint density at radius 3 is 2.50 bits per heavy atom. The van der Waals surface area contributed by atoms with E-state index < -0.39 is 4.92 Å². The number of carbonyl (C=O) groups excluding carboxylic acids is 1. The monoisotopic (exact) mass is 300 g/mol. The number of carbonyl (C=O) groups is 1. The molecule has 6 nitrogen and oxygen atoms in total. The number of rotatable bonds is 5. The van der Waals surface area contributed by atoms with Crippen LogP contribution in [0.5, 0.6) is 0 Å². The van der Waals surface area contributed by atoms with Gasteiger partial charge < -0.3 is 10.4 Å². The van der Waals surface area contributed by atoms with Crippen LogP contribution >= 0.6 is 0 Å². The fourth-order valence-electron chi connectivity index (χ4n) is 2.16. The summed E-state index contributed by atoms with van der Waals surface area (Å²) < 4.78 is 0. The predicted molar refractivity (Wildman–Crippen MR) is 81.4 cm³/mol. The van der Waals surface area contributed by atoms with Gasteiger partial charge in [0.1, 0.15) is 0 Å². The molecule has 0 aliphatic heterocycles. The molecule has 0 atom stereocenters. The highest BCUT2D eigenvalue weighted by Crippen LogP contribution is 2.18. The van der Waals surface area contributed by atoms with Crippen LogP contribution in [-0.2, 0) is 13.2 Å². The summed E-state index contributed by atoms with van der Waals surface area (Å²) in [5, 5.41) is 22.8. The number of hydrogen-bond donors (Lipinski definition) is 2. The molecule has 114 valence electrons. The number of nitrogens with one attached hydrogen (secondary N) is 1. The molecule has 0 aliphatic rings. The van der Waals surface area contributed by atoms with Gasteiger partial charge in [-0.3, -0.25) is 14.9 Å². The molecule has 0 saturated carbocycles. The van der Waals surface area contributed by atoms with Crippen molar-refractivity contribution in [2.24, 2.45) is 0 Å². The van der Waals surface area contributed by atoms with Crippen LogP contribution in [0.3, 0.4) is 0 Å². The van der Waals surface area contributed by atoms with Crippen LogP contribution in [0.15, 0.2) is 42.5 Å². The molecule has 0 spiro atoms. The van der Waals surface area contributed by atoms with Gasteiger partial charge >= 0.3 is 0 Å². The Labute approximate surface area is 127 Å². The molecular weight excluding hydrogens is 284 g/mol. The van der Waals surface area contributed by atoms with Gasteiger partial charge in [0.25, 0.3) is 11.6 Å². The molecule has 2 rings (SSSR count). The number of nitro benzene ring substituents is 1. The van der Waals surface area contributed by atoms with E-state index in [9.17, 15) is 20.0 Å². The fourth-order valence-corrected chi connectivity index (χ4v) is 2.16. The highest BCUT2D eigenvalue weighted by molar-refractivity contribution is 5.94. The number of benzene rings is 2. The number of nitro groups is 1. The smallest absolute Gasteiger partial charge is 0.272 e. The maximum Gasteiger partial charge on any atom is 0.272 e. The van der Waals surface area contributed by atoms with E-state index in [4.69, 9.17) is 0 Å². The average Bonchev–Trinajstić information content (AvgIpc) is 2.52. The Morgan fingerprint density at radius 1 is 1.23 bits per heavy atom. The van der Waals surface area contributed by atoms with Crippen LogP contribution in [0.4, 0.5) is 5.69 Å². The lowest BCUT2D eigenvalue weighted by atomic mass is 10.1. The van der Waals surface area contributed by atoms with Crippen LogP contribution in [0, 0.1) is 17.0 Å². The highest BCUT2D eigenvalue weighted by atomic mass is 16.6. The van der Waals surface area contributed by atoms with Gasteiger partial charge in [-0.05, 0) is 30.2 Å². The van der Waals surface area contributed by atoms with Crippen molar-refractivity contribution >= 4 is 11.6 Å². The first-order valence-electron chi connectivity index (χ1n) is 6.74. The normalized spacial score (nSPS) is 10.3. The van der Waals surface area contributed by atoms with Crippen molar-refractivity contribution in [2.45, 2.75) is 20.1 Å². The third kappa shape index (κ3) is 3.48. The lowest BCUT2D eigenvalue weighted by Gasteiger charge is -2.09. The van der Waals surface area contributed by atoms with E-state index in [1.165, 1.54) is 18.2 Å². The van der Waals surface area contributed by atoms with Gasteiger partial charge in [0.2, 0.25) is 0 Å². The summed E-state index contributed by atoms with van der Waals surface area (Å²) in [6.45, 7) is 1.78. The molecule has 0 aliphatic carbocycles. The summed E-state index contributed by atoms with van der Waals surface area (Å²) in [6.07, 6.45) is 0. The number of amides is 1. The van der Waals surface area contributed by atoms with Gasteiger partial charge in [-0.1, -0.05) is 24.3 Å². The molecular formula is C16H16N2O4. The highest BCUT2D eigenvalue weighted by Gasteiger charge is 2.13. The van der Waals surface area contributed by atoms with Crippen molar-refractivity contribution in [3.63, 3.8) is 0 Å². The summed E-state index contributed by atoms with van der Waals surface area (Å²) in [4.78, 5) is 22.4. The van der Waals surface area contributed by atoms with Gasteiger partial charge in [-0.25, -0.2) is 0 Å². The van der Waals surface area contributed by atoms with Crippen LogP contribution < -0.4 is 5.32 Å². The van der Waals surface area contributed by atoms with Crippen molar-refractivity contribution in [1.29, 1.82) is 0 Å². The van der Waals surface area contributed by atoms with Crippen LogP contribution in [-0.4, -0.2) is 15.9 Å². The third-order valence-corrected chi connectivity index (χ3v) is 3.38. The van der Waals surface area contributed by atoms with Crippen molar-refractivity contribution in [3.8, 4) is 0 Å². The van der Waals surface area contributed by atoms with E-state index in [2.05, 4.69) is 5.32 Å². The first kappa shape index (κ1) is 15.7. The predicted octanol–water partition coefficient (Wildman–Crippen LogP) is 2.33. The van der Waals surface area contributed by atoms with Crippen molar-refractivity contribution < 1.29 is 14.8 Å². The number of hydrogen-bond acceptors (Lipinski definition) is 4. The van der Waals surface area contributed by atoms with E-state index in [1.54, 1.807) is 13.0 Å². The molecule has 1 amide bonds. The molecule has 2 N–H and O–H groups in total. The summed E-state index contributed by atoms with van der Waals surface area (Å²) in [5.74, 6) is -0.314. The Morgan fingerprint density at radius 2 is 1.91 bits per heavy atom. The Hall–Kier alpha value is -2.73. The van der Waals surface area contributed by atoms with Crippen LogP contribution in [0.1, 0.15) is 27.0 Å². The minimum Gasteiger partial charge on any atom is -0.392 e. The standard InChI is InChI=1S/C16H16N2O4/c1-11-8-12(6-7-15(11)18(21)22)16(20)17-9-13-4-2-3-5-14(13)10-19/h2-8,19H,9-10H2,1H3,(H,17,20). The van der Waals surface area contributed by atoms with Crippen molar-refractivity contribution in [2.75, 3.05) is 0 Å². The van der Waals surface area contributed by atoms with E-state index >= 15 is 0 Å². The van der Waals surface area contributed by atoms with E-state index in [1.807, 2.05) is 18.2 Å². The molecule has 0 aromatic heterocycles. The van der Waals surface area contributed by atoms with E-state index in [0.29, 0.717) is 11.1 Å². The summed E-state index contributed by atoms with van der Waals surface area (Å²) in [7, 11) is 0. The molecule has 0 bridgehead atoms. The minimum absolute atomic E-state index is 0.0119. The minimum atomic E-state index is -0.478. The fraction of sp³-hybridized carbons (Fsp3) is 0.188. The first-order chi connectivity index (χ1) is 10.5. The van der Waals surface area contributed by atoms with Gasteiger partial charge in [-0.15, -0.1) is 0 Å². The molecule has 2 aromatic carbocycles. The zero-order chi connectivity index (χ0) is 16.1. The largest absolute Gasteiger partial charge is 0.392 e. The lowest BCUT2D eigenvalue weighted by molar-refractivity contribution is -0.385. The second-order valence-corrected chi connectivity index (χ2v) is 4.87. The van der Waals surface area contributed by atoms with E-state index in [0.717, 1.165) is 11.1 Å². The zero-order valence-electron chi connectivity index (χ0n) is 12.1. The zero-order valence-corrected chi connectivity index (χ0v) is 12.1. The number of aryl methyl sites for hydroxylation is 1. The summed E-state index contributed by atoms with van der Waals surface area (Å²) in [5.41, 5.74) is 2.37. The third-order valence-electron chi connectivity index (χ3n) is 3.38. The molecule has 22 heavy (non-hydrogen) atoms. The summed E-state index contributed by atoms with van der Waals surface area (Å²) in [6, 6.07) is 11.5. The second kappa shape index (κ2) is 6.82. The van der Waals surface area contributed by atoms with Gasteiger partial charge in [0.05, 0.1) is 11.5 Å². The van der Waals surface area contributed by atoms with Crippen molar-refractivity contribution in [1.82, 2.24) is 5.32 Å². The molecule has 0 unspecified atom stereocenters. The molecule has 0 heterocycles. The quantitative estimate of drug-likeness (QED) is 0.654. The number of aliphatic hydroxyl groups is 1. The van der Waals surface area contributed by atoms with Gasteiger partial charge in [-0.2, -0.15) is 0 Å². The van der Waals surface area contributed by atoms with Gasteiger partial charge in [0, 0.05) is 23.7 Å². The molecule has 0 radical (unpaired) electrons. The Balaban J connectivity index is 2.09. The summed E-state index contributed by atoms with van der Waals surface area (Å²) >= 11 is 0. The topological polar surface area (TPSA) is 92.5 Å². The van der Waals surface area contributed by atoms with Crippen LogP contribution in [0.25, 0.3) is 0 Å². The Kier molecular flexibility index (Phi) is 4.85. The molecule has 0 fully saturated rings. The average molecular weight is 300 g/mol. The molecule has 6 heteroatoms. The van der Waals surface area contributed by atoms with E-state index in [-0.39, 0.29) is 24.7 Å². The molecule has 2 aromatic rings. The molecule has 0 saturated heterocycles. The second-order valence-electron chi connectivity index (χ2n) is 4.87. The number of nitrogens with zero attached hydrogens (tertiary/aromatic N) is 1. The lowest BCUT2D eigenvalue weighted by Crippen LogP contribution is -2.23.